The number of ether oxygens (including phenoxy) is 2. The number of benzene rings is 1. The summed E-state index contributed by atoms with van der Waals surface area (Å²) in [7, 11) is 1.26. The average Bonchev–Trinajstić information content (AvgIpc) is 2.44. The first-order valence-electron chi connectivity index (χ1n) is 6.29. The molecule has 110 valence electrons. The molecule has 0 saturated carbocycles. The minimum atomic E-state index is -0.488. The van der Waals surface area contributed by atoms with Crippen molar-refractivity contribution in [3.8, 4) is 5.75 Å². The summed E-state index contributed by atoms with van der Waals surface area (Å²) in [5.41, 5.74) is 0. The predicted octanol–water partition coefficient (Wildman–Crippen LogP) is 1.62. The van der Waals surface area contributed by atoms with Gasteiger partial charge in [0, 0.05) is 12.6 Å². The first kappa shape index (κ1) is 15.9. The molecule has 0 aromatic heterocycles. The highest BCUT2D eigenvalue weighted by atomic mass is 19.1. The Morgan fingerprint density at radius 3 is 2.70 bits per heavy atom. The number of hydrogen-bond acceptors (Lipinski definition) is 4. The maximum absolute atomic E-state index is 13.0. The van der Waals surface area contributed by atoms with Crippen LogP contribution < -0.4 is 4.74 Å². The Balaban J connectivity index is 2.55. The number of carbonyl (C=O) groups is 2. The van der Waals surface area contributed by atoms with Crippen molar-refractivity contribution in [2.45, 2.75) is 13.3 Å². The molecule has 1 rings (SSSR count). The van der Waals surface area contributed by atoms with Crippen molar-refractivity contribution in [1.29, 1.82) is 0 Å². The van der Waals surface area contributed by atoms with Crippen LogP contribution in [-0.4, -0.2) is 43.6 Å². The zero-order chi connectivity index (χ0) is 15.0. The summed E-state index contributed by atoms with van der Waals surface area (Å²) < 4.78 is 22.7. The van der Waals surface area contributed by atoms with Crippen molar-refractivity contribution in [3.63, 3.8) is 0 Å². The predicted molar refractivity (Wildman–Crippen MR) is 70.8 cm³/mol. The number of methoxy groups -OCH3 is 1. The summed E-state index contributed by atoms with van der Waals surface area (Å²) in [5.74, 6) is -0.998. The summed E-state index contributed by atoms with van der Waals surface area (Å²) in [6, 6.07) is 5.53. The third-order valence-electron chi connectivity index (χ3n) is 2.55. The van der Waals surface area contributed by atoms with Gasteiger partial charge >= 0.3 is 5.97 Å². The molecule has 0 spiro atoms. The highest BCUT2D eigenvalue weighted by Gasteiger charge is 2.17. The molecule has 0 radical (unpaired) electrons. The molecule has 0 fully saturated rings. The Bertz CT molecular complexity index is 464. The molecule has 20 heavy (non-hydrogen) atoms. The topological polar surface area (TPSA) is 55.8 Å². The lowest BCUT2D eigenvalue weighted by molar-refractivity contribution is -0.147. The summed E-state index contributed by atoms with van der Waals surface area (Å²) in [6.45, 7) is 1.96. The summed E-state index contributed by atoms with van der Waals surface area (Å²) in [6.07, 6.45) is 0.711. The van der Waals surface area contributed by atoms with Crippen molar-refractivity contribution in [3.05, 3.63) is 30.1 Å². The highest BCUT2D eigenvalue weighted by Crippen LogP contribution is 2.12. The molecule has 1 amide bonds. The van der Waals surface area contributed by atoms with Gasteiger partial charge in [0.25, 0.3) is 5.91 Å². The van der Waals surface area contributed by atoms with Crippen LogP contribution in [0.3, 0.4) is 0 Å². The molecular formula is C14H18FNO4. The number of nitrogens with zero attached hydrogens (tertiary/aromatic N) is 1. The highest BCUT2D eigenvalue weighted by molar-refractivity contribution is 5.83. The summed E-state index contributed by atoms with van der Waals surface area (Å²) in [4.78, 5) is 24.5. The van der Waals surface area contributed by atoms with Gasteiger partial charge in [-0.2, -0.15) is 0 Å². The molecule has 0 bridgehead atoms. The van der Waals surface area contributed by atoms with Crippen molar-refractivity contribution in [1.82, 2.24) is 4.90 Å². The van der Waals surface area contributed by atoms with Gasteiger partial charge in [-0.15, -0.1) is 0 Å². The third-order valence-corrected chi connectivity index (χ3v) is 2.55. The number of esters is 1. The standard InChI is InChI=1S/C14H18FNO4/c1-3-7-16(9-14(18)19-2)13(17)10-20-12-6-4-5-11(15)8-12/h4-6,8H,3,7,9-10H2,1-2H3. The van der Waals surface area contributed by atoms with Gasteiger partial charge in [-0.05, 0) is 18.6 Å². The van der Waals surface area contributed by atoms with E-state index in [1.807, 2.05) is 6.92 Å². The van der Waals surface area contributed by atoms with Crippen LogP contribution in [0.15, 0.2) is 24.3 Å². The smallest absolute Gasteiger partial charge is 0.325 e. The fourth-order valence-electron chi connectivity index (χ4n) is 1.58. The number of rotatable bonds is 7. The van der Waals surface area contributed by atoms with E-state index < -0.39 is 11.8 Å². The van der Waals surface area contributed by atoms with E-state index in [0.717, 1.165) is 0 Å². The molecule has 0 heterocycles. The van der Waals surface area contributed by atoms with E-state index in [0.29, 0.717) is 13.0 Å². The van der Waals surface area contributed by atoms with E-state index in [-0.39, 0.29) is 24.8 Å². The molecule has 0 aliphatic carbocycles. The minimum absolute atomic E-state index is 0.115. The Hall–Kier alpha value is -2.11. The van der Waals surface area contributed by atoms with Crippen LogP contribution in [0.25, 0.3) is 0 Å². The van der Waals surface area contributed by atoms with E-state index in [1.165, 1.54) is 30.2 Å². The van der Waals surface area contributed by atoms with Crippen LogP contribution in [0, 0.1) is 5.82 Å². The molecule has 0 saturated heterocycles. The van der Waals surface area contributed by atoms with Crippen molar-refractivity contribution in [2.75, 3.05) is 26.8 Å². The van der Waals surface area contributed by atoms with Crippen LogP contribution in [0.1, 0.15) is 13.3 Å². The van der Waals surface area contributed by atoms with Gasteiger partial charge in [0.15, 0.2) is 6.61 Å². The van der Waals surface area contributed by atoms with E-state index in [9.17, 15) is 14.0 Å². The van der Waals surface area contributed by atoms with E-state index in [2.05, 4.69) is 4.74 Å². The first-order chi connectivity index (χ1) is 9.56. The molecule has 0 aliphatic heterocycles. The molecule has 1 aromatic rings. The Labute approximate surface area is 117 Å². The van der Waals surface area contributed by atoms with Gasteiger partial charge < -0.3 is 14.4 Å². The van der Waals surface area contributed by atoms with Crippen molar-refractivity contribution in [2.24, 2.45) is 0 Å². The second kappa shape index (κ2) is 8.14. The number of halogens is 1. The average molecular weight is 283 g/mol. The largest absolute Gasteiger partial charge is 0.484 e. The van der Waals surface area contributed by atoms with Gasteiger partial charge in [-0.1, -0.05) is 13.0 Å². The molecule has 0 atom stereocenters. The zero-order valence-corrected chi connectivity index (χ0v) is 11.6. The van der Waals surface area contributed by atoms with Crippen molar-refractivity contribution < 1.29 is 23.5 Å². The quantitative estimate of drug-likeness (QED) is 0.713. The zero-order valence-electron chi connectivity index (χ0n) is 11.6. The normalized spacial score (nSPS) is 9.95. The molecule has 6 heteroatoms. The lowest BCUT2D eigenvalue weighted by atomic mass is 10.3. The molecule has 0 unspecified atom stereocenters. The van der Waals surface area contributed by atoms with Crippen molar-refractivity contribution >= 4 is 11.9 Å². The Kier molecular flexibility index (Phi) is 6.49. The number of hydrogen-bond donors (Lipinski definition) is 0. The fraction of sp³-hybridized carbons (Fsp3) is 0.429. The van der Waals surface area contributed by atoms with Crippen LogP contribution in [0.4, 0.5) is 4.39 Å². The monoisotopic (exact) mass is 283 g/mol. The summed E-state index contributed by atoms with van der Waals surface area (Å²) >= 11 is 0. The van der Waals surface area contributed by atoms with Crippen LogP contribution in [0.2, 0.25) is 0 Å². The molecule has 0 aliphatic rings. The number of carbonyl (C=O) groups excluding carboxylic acids is 2. The van der Waals surface area contributed by atoms with Gasteiger partial charge in [-0.3, -0.25) is 9.59 Å². The molecule has 5 nitrogen and oxygen atoms in total. The molecular weight excluding hydrogens is 265 g/mol. The lowest BCUT2D eigenvalue weighted by Gasteiger charge is -2.20. The van der Waals surface area contributed by atoms with Gasteiger partial charge in [0.1, 0.15) is 18.1 Å². The minimum Gasteiger partial charge on any atom is -0.484 e. The molecule has 1 aromatic carbocycles. The lowest BCUT2D eigenvalue weighted by Crippen LogP contribution is -2.39. The van der Waals surface area contributed by atoms with E-state index in [4.69, 9.17) is 4.74 Å². The second-order valence-corrected chi connectivity index (χ2v) is 4.14. The number of amides is 1. The van der Waals surface area contributed by atoms with E-state index in [1.54, 1.807) is 6.07 Å². The fourth-order valence-corrected chi connectivity index (χ4v) is 1.58. The van der Waals surface area contributed by atoms with Crippen LogP contribution in [-0.2, 0) is 14.3 Å². The van der Waals surface area contributed by atoms with Gasteiger partial charge in [0.2, 0.25) is 0 Å². The second-order valence-electron chi connectivity index (χ2n) is 4.14. The summed E-state index contributed by atoms with van der Waals surface area (Å²) in [5, 5.41) is 0. The van der Waals surface area contributed by atoms with Crippen LogP contribution >= 0.6 is 0 Å². The maximum atomic E-state index is 13.0. The van der Waals surface area contributed by atoms with E-state index >= 15 is 0 Å². The Morgan fingerprint density at radius 1 is 1.35 bits per heavy atom. The Morgan fingerprint density at radius 2 is 2.10 bits per heavy atom. The maximum Gasteiger partial charge on any atom is 0.325 e. The first-order valence-corrected chi connectivity index (χ1v) is 6.29. The van der Waals surface area contributed by atoms with Gasteiger partial charge in [-0.25, -0.2) is 4.39 Å². The van der Waals surface area contributed by atoms with Crippen LogP contribution in [0.5, 0.6) is 5.75 Å². The van der Waals surface area contributed by atoms with Gasteiger partial charge in [0.05, 0.1) is 7.11 Å². The SMILES string of the molecule is CCCN(CC(=O)OC)C(=O)COc1cccc(F)c1. The third kappa shape index (κ3) is 5.26. The molecule has 0 N–H and O–H groups in total.